The minimum Gasteiger partial charge on any atom is -0.497 e. The van der Waals surface area contributed by atoms with Gasteiger partial charge in [0.1, 0.15) is 23.3 Å². The average Bonchev–Trinajstić information content (AvgIpc) is 3.17. The Hall–Kier alpha value is -3.56. The molecule has 0 saturated carbocycles. The van der Waals surface area contributed by atoms with E-state index in [0.29, 0.717) is 42.9 Å². The lowest BCUT2D eigenvalue weighted by Crippen LogP contribution is -2.40. The summed E-state index contributed by atoms with van der Waals surface area (Å²) in [5.41, 5.74) is 1.71. The van der Waals surface area contributed by atoms with E-state index in [4.69, 9.17) is 30.5 Å². The number of methoxy groups -OCH3 is 3. The maximum atomic E-state index is 13.8. The van der Waals surface area contributed by atoms with Crippen LogP contribution in [0.15, 0.2) is 57.5 Å². The normalized spacial score (nSPS) is 15.3. The molecule has 0 amide bonds. The molecule has 0 fully saturated rings. The van der Waals surface area contributed by atoms with Crippen molar-refractivity contribution < 1.29 is 23.7 Å². The molecule has 10 heteroatoms. The number of carbonyl (C=O) groups is 1. The molecule has 0 radical (unpaired) electrons. The van der Waals surface area contributed by atoms with Crippen LogP contribution in [0, 0.1) is 0 Å². The van der Waals surface area contributed by atoms with Gasteiger partial charge in [0, 0.05) is 5.56 Å². The fourth-order valence-electron chi connectivity index (χ4n) is 4.06. The van der Waals surface area contributed by atoms with E-state index in [2.05, 4.69) is 4.99 Å². The second-order valence-electron chi connectivity index (χ2n) is 7.80. The lowest BCUT2D eigenvalue weighted by atomic mass is 9.94. The first-order valence-electron chi connectivity index (χ1n) is 11.1. The fraction of sp³-hybridized carbons (Fsp3) is 0.269. The molecule has 2 aromatic carbocycles. The van der Waals surface area contributed by atoms with Gasteiger partial charge in [0.15, 0.2) is 4.80 Å². The zero-order chi connectivity index (χ0) is 26.0. The number of hydrogen-bond donors (Lipinski definition) is 0. The van der Waals surface area contributed by atoms with Crippen molar-refractivity contribution in [3.63, 3.8) is 0 Å². The van der Waals surface area contributed by atoms with E-state index in [1.165, 1.54) is 30.1 Å². The van der Waals surface area contributed by atoms with E-state index in [-0.39, 0.29) is 17.7 Å². The summed E-state index contributed by atoms with van der Waals surface area (Å²) in [6.45, 7) is 3.64. The average molecular weight is 529 g/mol. The van der Waals surface area contributed by atoms with Crippen LogP contribution >= 0.6 is 22.9 Å². The van der Waals surface area contributed by atoms with Gasteiger partial charge >= 0.3 is 5.97 Å². The summed E-state index contributed by atoms with van der Waals surface area (Å²) in [6.07, 6.45) is 1.73. The zero-order valence-corrected chi connectivity index (χ0v) is 22.0. The van der Waals surface area contributed by atoms with Crippen LogP contribution in [0.3, 0.4) is 0 Å². The molecule has 0 spiro atoms. The van der Waals surface area contributed by atoms with Gasteiger partial charge in [-0.05, 0) is 55.8 Å². The Labute approximate surface area is 216 Å². The van der Waals surface area contributed by atoms with Crippen molar-refractivity contribution in [2.45, 2.75) is 19.9 Å². The van der Waals surface area contributed by atoms with Crippen LogP contribution in [0.1, 0.15) is 31.0 Å². The Morgan fingerprint density at radius 2 is 1.83 bits per heavy atom. The molecule has 188 valence electrons. The van der Waals surface area contributed by atoms with Gasteiger partial charge in [-0.1, -0.05) is 29.0 Å². The monoisotopic (exact) mass is 528 g/mol. The second kappa shape index (κ2) is 10.6. The highest BCUT2D eigenvalue weighted by Crippen LogP contribution is 2.37. The van der Waals surface area contributed by atoms with E-state index >= 15 is 0 Å². The first-order chi connectivity index (χ1) is 17.3. The quantitative estimate of drug-likeness (QED) is 0.436. The number of halogens is 1. The smallest absolute Gasteiger partial charge is 0.338 e. The predicted molar refractivity (Wildman–Crippen MR) is 138 cm³/mol. The molecule has 1 aromatic heterocycles. The molecule has 0 bridgehead atoms. The van der Waals surface area contributed by atoms with Gasteiger partial charge in [-0.25, -0.2) is 9.79 Å². The highest BCUT2D eigenvalue weighted by Gasteiger charge is 2.35. The number of allylic oxidation sites excluding steroid dienone is 1. The molecule has 1 unspecified atom stereocenters. The van der Waals surface area contributed by atoms with Gasteiger partial charge in [0.2, 0.25) is 0 Å². The van der Waals surface area contributed by atoms with Gasteiger partial charge in [-0.15, -0.1) is 0 Å². The van der Waals surface area contributed by atoms with Crippen LogP contribution in [0.2, 0.25) is 5.02 Å². The topological polar surface area (TPSA) is 88.4 Å². The minimum atomic E-state index is -0.827. The van der Waals surface area contributed by atoms with E-state index in [1.807, 2.05) is 0 Å². The summed E-state index contributed by atoms with van der Waals surface area (Å²) in [4.78, 5) is 31.9. The van der Waals surface area contributed by atoms with Gasteiger partial charge in [0.05, 0.1) is 48.8 Å². The van der Waals surface area contributed by atoms with Crippen LogP contribution in [0.25, 0.3) is 6.08 Å². The van der Waals surface area contributed by atoms with Crippen LogP contribution in [-0.4, -0.2) is 38.5 Å². The van der Waals surface area contributed by atoms with Crippen LogP contribution in [0.5, 0.6) is 17.2 Å². The first-order valence-corrected chi connectivity index (χ1v) is 12.3. The van der Waals surface area contributed by atoms with E-state index in [1.54, 1.807) is 63.4 Å². The van der Waals surface area contributed by atoms with Crippen molar-refractivity contribution in [2.24, 2.45) is 4.99 Å². The number of aromatic nitrogens is 1. The summed E-state index contributed by atoms with van der Waals surface area (Å²) in [5, 5.41) is 0.429. The third-order valence-corrected chi connectivity index (χ3v) is 7.00. The third-order valence-electron chi connectivity index (χ3n) is 5.72. The summed E-state index contributed by atoms with van der Waals surface area (Å²) in [7, 11) is 4.61. The van der Waals surface area contributed by atoms with Crippen molar-refractivity contribution in [3.8, 4) is 17.2 Å². The molecule has 8 nitrogen and oxygen atoms in total. The number of esters is 1. The molecule has 1 aliphatic rings. The minimum absolute atomic E-state index is 0.181. The number of nitrogens with zero attached hydrogens (tertiary/aromatic N) is 2. The van der Waals surface area contributed by atoms with Crippen molar-refractivity contribution in [1.82, 2.24) is 4.57 Å². The molecule has 36 heavy (non-hydrogen) atoms. The Kier molecular flexibility index (Phi) is 7.51. The van der Waals surface area contributed by atoms with Crippen LogP contribution in [0.4, 0.5) is 0 Å². The SMILES string of the molecule is CCOC(=O)C1=C(C)N=c2s/c(=C/c3ccc(OC)c(Cl)c3)c(=O)n2C1c1cc(OC)ccc1OC. The summed E-state index contributed by atoms with van der Waals surface area (Å²) < 4.78 is 23.5. The van der Waals surface area contributed by atoms with Crippen molar-refractivity contribution in [1.29, 1.82) is 0 Å². The van der Waals surface area contributed by atoms with Crippen molar-refractivity contribution in [2.75, 3.05) is 27.9 Å². The Morgan fingerprint density at radius 3 is 2.47 bits per heavy atom. The maximum Gasteiger partial charge on any atom is 0.338 e. The number of carbonyl (C=O) groups excluding carboxylic acids is 1. The lowest BCUT2D eigenvalue weighted by Gasteiger charge is -2.26. The molecule has 2 heterocycles. The van der Waals surface area contributed by atoms with Crippen molar-refractivity contribution in [3.05, 3.63) is 83.5 Å². The zero-order valence-electron chi connectivity index (χ0n) is 20.5. The van der Waals surface area contributed by atoms with E-state index in [0.717, 1.165) is 5.56 Å². The molecule has 0 saturated heterocycles. The Balaban J connectivity index is 1.99. The number of thiazole rings is 1. The van der Waals surface area contributed by atoms with Crippen molar-refractivity contribution >= 4 is 35.0 Å². The largest absolute Gasteiger partial charge is 0.497 e. The van der Waals surface area contributed by atoms with Gasteiger partial charge in [-0.3, -0.25) is 9.36 Å². The van der Waals surface area contributed by atoms with Crippen LogP contribution in [-0.2, 0) is 9.53 Å². The standard InChI is InChI=1S/C26H25ClN2O6S/c1-6-35-25(31)22-14(2)28-26-29(23(22)17-13-16(32-3)8-10-19(17)33-4)24(30)21(36-26)12-15-7-9-20(34-5)18(27)11-15/h7-13,23H,6H2,1-5H3/b21-12+. The Morgan fingerprint density at radius 1 is 1.11 bits per heavy atom. The molecule has 0 N–H and O–H groups in total. The second-order valence-corrected chi connectivity index (χ2v) is 9.22. The fourth-order valence-corrected chi connectivity index (χ4v) is 5.38. The number of benzene rings is 2. The molecule has 1 atom stereocenters. The lowest BCUT2D eigenvalue weighted by molar-refractivity contribution is -0.139. The third kappa shape index (κ3) is 4.64. The summed E-state index contributed by atoms with van der Waals surface area (Å²) in [6, 6.07) is 9.67. The van der Waals surface area contributed by atoms with E-state index < -0.39 is 12.0 Å². The maximum absolute atomic E-state index is 13.8. The number of ether oxygens (including phenoxy) is 4. The van der Waals surface area contributed by atoms with Crippen LogP contribution < -0.4 is 29.1 Å². The molecule has 4 rings (SSSR count). The first kappa shape index (κ1) is 25.5. The highest BCUT2D eigenvalue weighted by atomic mass is 35.5. The number of fused-ring (bicyclic) bond motifs is 1. The van der Waals surface area contributed by atoms with Gasteiger partial charge in [0.25, 0.3) is 5.56 Å². The van der Waals surface area contributed by atoms with Gasteiger partial charge < -0.3 is 18.9 Å². The molecule has 0 aliphatic carbocycles. The van der Waals surface area contributed by atoms with Gasteiger partial charge in [-0.2, -0.15) is 0 Å². The molecule has 1 aliphatic heterocycles. The Bertz CT molecular complexity index is 1540. The molecular weight excluding hydrogens is 504 g/mol. The number of hydrogen-bond acceptors (Lipinski definition) is 8. The number of rotatable bonds is 7. The molecular formula is C26H25ClN2O6S. The highest BCUT2D eigenvalue weighted by molar-refractivity contribution is 7.07. The summed E-state index contributed by atoms with van der Waals surface area (Å²) in [5.74, 6) is 1.03. The van der Waals surface area contributed by atoms with E-state index in [9.17, 15) is 9.59 Å². The predicted octanol–water partition coefficient (Wildman–Crippen LogP) is 3.48. The molecule has 3 aromatic rings. The summed E-state index contributed by atoms with van der Waals surface area (Å²) >= 11 is 7.50.